The molecule has 0 saturated carbocycles. The van der Waals surface area contributed by atoms with Crippen LogP contribution < -0.4 is 11.2 Å². The maximum atomic E-state index is 11.7. The Balaban J connectivity index is 2.45. The number of aromatic amines is 1. The summed E-state index contributed by atoms with van der Waals surface area (Å²) in [4.78, 5) is 25.8. The third kappa shape index (κ3) is 1.99. The first kappa shape index (κ1) is 13.0. The Bertz CT molecular complexity index is 519. The third-order valence-corrected chi connectivity index (χ3v) is 2.87. The molecule has 0 aromatic carbocycles. The highest BCUT2D eigenvalue weighted by Gasteiger charge is 2.44. The van der Waals surface area contributed by atoms with Crippen LogP contribution in [0, 0.1) is 6.92 Å². The first-order valence-corrected chi connectivity index (χ1v) is 5.40. The molecule has 1 aliphatic rings. The van der Waals surface area contributed by atoms with Crippen molar-refractivity contribution in [3.05, 3.63) is 32.6 Å². The second-order valence-corrected chi connectivity index (χ2v) is 4.19. The Morgan fingerprint density at radius 2 is 2.06 bits per heavy atom. The molecule has 1 fully saturated rings. The summed E-state index contributed by atoms with van der Waals surface area (Å²) in [5, 5.41) is 28.2. The molecule has 1 aliphatic heterocycles. The summed E-state index contributed by atoms with van der Waals surface area (Å²) in [5.74, 6) is 0. The zero-order chi connectivity index (χ0) is 13.4. The molecule has 1 aromatic heterocycles. The van der Waals surface area contributed by atoms with Gasteiger partial charge in [0.1, 0.15) is 18.3 Å². The van der Waals surface area contributed by atoms with Crippen molar-refractivity contribution in [1.82, 2.24) is 9.55 Å². The molecule has 2 rings (SSSR count). The Kier molecular flexibility index (Phi) is 3.35. The Labute approximate surface area is 101 Å². The van der Waals surface area contributed by atoms with Gasteiger partial charge in [0.15, 0.2) is 6.23 Å². The minimum atomic E-state index is -1.45. The van der Waals surface area contributed by atoms with E-state index >= 15 is 0 Å². The second-order valence-electron chi connectivity index (χ2n) is 4.19. The van der Waals surface area contributed by atoms with Gasteiger partial charge in [0.25, 0.3) is 5.56 Å². The molecule has 0 amide bonds. The van der Waals surface area contributed by atoms with Crippen molar-refractivity contribution in [2.45, 2.75) is 31.5 Å². The van der Waals surface area contributed by atoms with E-state index in [0.717, 1.165) is 0 Å². The van der Waals surface area contributed by atoms with Gasteiger partial charge in [-0.1, -0.05) is 0 Å². The number of aliphatic hydroxyl groups excluding tert-OH is 3. The van der Waals surface area contributed by atoms with E-state index in [1.54, 1.807) is 6.92 Å². The van der Waals surface area contributed by atoms with Gasteiger partial charge in [-0.2, -0.15) is 0 Å². The van der Waals surface area contributed by atoms with E-state index < -0.39 is 42.4 Å². The predicted octanol–water partition coefficient (Wildman–Crippen LogP) is -2.54. The highest BCUT2D eigenvalue weighted by atomic mass is 16.6. The smallest absolute Gasteiger partial charge is 0.330 e. The van der Waals surface area contributed by atoms with E-state index in [0.29, 0.717) is 10.3 Å². The third-order valence-electron chi connectivity index (χ3n) is 2.87. The molecule has 1 aromatic rings. The molecule has 4 atom stereocenters. The highest BCUT2D eigenvalue weighted by molar-refractivity contribution is 4.99. The van der Waals surface area contributed by atoms with Crippen molar-refractivity contribution in [3.63, 3.8) is 0 Å². The fourth-order valence-corrected chi connectivity index (χ4v) is 1.95. The molecule has 0 bridgehead atoms. The Morgan fingerprint density at radius 3 is 2.56 bits per heavy atom. The molecule has 0 aliphatic carbocycles. The van der Waals surface area contributed by atoms with Crippen LogP contribution in [0.15, 0.2) is 15.7 Å². The molecular weight excluding hydrogens is 244 g/mol. The van der Waals surface area contributed by atoms with Crippen LogP contribution in [0.1, 0.15) is 11.9 Å². The summed E-state index contributed by atoms with van der Waals surface area (Å²) >= 11 is 0. The normalized spacial score (nSPS) is 31.8. The first-order chi connectivity index (χ1) is 8.45. The molecular formula is C10H14N2O6. The lowest BCUT2D eigenvalue weighted by molar-refractivity contribution is -0.0565. The van der Waals surface area contributed by atoms with E-state index in [2.05, 4.69) is 4.98 Å². The first-order valence-electron chi connectivity index (χ1n) is 5.40. The molecule has 100 valence electrons. The monoisotopic (exact) mass is 258 g/mol. The van der Waals surface area contributed by atoms with Gasteiger partial charge in [-0.05, 0) is 6.92 Å². The van der Waals surface area contributed by atoms with Crippen molar-refractivity contribution < 1.29 is 20.1 Å². The quantitative estimate of drug-likeness (QED) is 0.463. The number of aryl methyl sites for hydroxylation is 1. The molecule has 4 N–H and O–H groups in total. The topological polar surface area (TPSA) is 125 Å². The average Bonchev–Trinajstić information content (AvgIpc) is 2.56. The summed E-state index contributed by atoms with van der Waals surface area (Å²) < 4.78 is 5.79. The molecule has 2 heterocycles. The van der Waals surface area contributed by atoms with Crippen molar-refractivity contribution in [1.29, 1.82) is 0 Å². The number of rotatable bonds is 2. The van der Waals surface area contributed by atoms with Crippen molar-refractivity contribution >= 4 is 0 Å². The van der Waals surface area contributed by atoms with Crippen LogP contribution in [0.25, 0.3) is 0 Å². The number of ether oxygens (including phenoxy) is 1. The van der Waals surface area contributed by atoms with E-state index in [-0.39, 0.29) is 0 Å². The van der Waals surface area contributed by atoms with E-state index in [9.17, 15) is 19.8 Å². The number of hydrogen-bond donors (Lipinski definition) is 4. The number of hydrogen-bond acceptors (Lipinski definition) is 6. The SMILES string of the molecule is Cc1cc(=O)n([C@@H]2O[C@H](CO)[C@@H](O)[C@@H]2O)c(=O)[nH]1. The minimum absolute atomic E-state index is 0.382. The summed E-state index contributed by atoms with van der Waals surface area (Å²) in [6, 6.07) is 1.18. The largest absolute Gasteiger partial charge is 0.394 e. The van der Waals surface area contributed by atoms with Gasteiger partial charge >= 0.3 is 5.69 Å². The van der Waals surface area contributed by atoms with Crippen LogP contribution in [-0.2, 0) is 4.74 Å². The molecule has 0 spiro atoms. The van der Waals surface area contributed by atoms with Gasteiger partial charge < -0.3 is 25.0 Å². The zero-order valence-corrected chi connectivity index (χ0v) is 9.61. The second kappa shape index (κ2) is 4.65. The van der Waals surface area contributed by atoms with Crippen LogP contribution in [0.5, 0.6) is 0 Å². The van der Waals surface area contributed by atoms with Gasteiger partial charge in [-0.15, -0.1) is 0 Å². The van der Waals surface area contributed by atoms with E-state index in [4.69, 9.17) is 9.84 Å². The summed E-state index contributed by atoms with van der Waals surface area (Å²) in [6.45, 7) is 1.03. The summed E-state index contributed by atoms with van der Waals surface area (Å²) in [6.07, 6.45) is -5.15. The predicted molar refractivity (Wildman–Crippen MR) is 59.1 cm³/mol. The Hall–Kier alpha value is -1.48. The number of H-pyrrole nitrogens is 1. The zero-order valence-electron chi connectivity index (χ0n) is 9.61. The highest BCUT2D eigenvalue weighted by Crippen LogP contribution is 2.27. The van der Waals surface area contributed by atoms with Gasteiger partial charge in [-0.25, -0.2) is 9.36 Å². The van der Waals surface area contributed by atoms with Crippen LogP contribution in [0.2, 0.25) is 0 Å². The van der Waals surface area contributed by atoms with Crippen LogP contribution >= 0.6 is 0 Å². The van der Waals surface area contributed by atoms with Crippen molar-refractivity contribution in [2.75, 3.05) is 6.61 Å². The fraction of sp³-hybridized carbons (Fsp3) is 0.600. The fourth-order valence-electron chi connectivity index (χ4n) is 1.95. The molecule has 1 saturated heterocycles. The van der Waals surface area contributed by atoms with Crippen molar-refractivity contribution in [2.24, 2.45) is 0 Å². The Morgan fingerprint density at radius 1 is 1.39 bits per heavy atom. The standard InChI is InChI=1S/C10H14N2O6/c1-4-2-6(14)12(10(17)11-4)9-8(16)7(15)5(3-13)18-9/h2,5,7-9,13,15-16H,3H2,1H3,(H,11,17)/t5-,7-,8+,9-/m1/s1. The molecule has 0 radical (unpaired) electrons. The van der Waals surface area contributed by atoms with Gasteiger partial charge in [0, 0.05) is 11.8 Å². The van der Waals surface area contributed by atoms with E-state index in [1.807, 2.05) is 0 Å². The van der Waals surface area contributed by atoms with Crippen LogP contribution in [0.3, 0.4) is 0 Å². The lowest BCUT2D eigenvalue weighted by atomic mass is 10.1. The number of aromatic nitrogens is 2. The maximum Gasteiger partial charge on any atom is 0.330 e. The maximum absolute atomic E-state index is 11.7. The molecule has 0 unspecified atom stereocenters. The van der Waals surface area contributed by atoms with Crippen LogP contribution in [0.4, 0.5) is 0 Å². The average molecular weight is 258 g/mol. The molecule has 8 nitrogen and oxygen atoms in total. The summed E-state index contributed by atoms with van der Waals surface area (Å²) in [7, 11) is 0. The lowest BCUT2D eigenvalue weighted by Crippen LogP contribution is -2.42. The summed E-state index contributed by atoms with van der Waals surface area (Å²) in [5.41, 5.74) is -1.01. The van der Waals surface area contributed by atoms with Gasteiger partial charge in [0.2, 0.25) is 0 Å². The minimum Gasteiger partial charge on any atom is -0.394 e. The van der Waals surface area contributed by atoms with E-state index in [1.165, 1.54) is 6.07 Å². The molecule has 8 heteroatoms. The lowest BCUT2D eigenvalue weighted by Gasteiger charge is -2.16. The van der Waals surface area contributed by atoms with Gasteiger partial charge in [0.05, 0.1) is 6.61 Å². The number of nitrogens with zero attached hydrogens (tertiary/aromatic N) is 1. The van der Waals surface area contributed by atoms with Crippen molar-refractivity contribution in [3.8, 4) is 0 Å². The van der Waals surface area contributed by atoms with Crippen LogP contribution in [-0.4, -0.2) is 49.8 Å². The van der Waals surface area contributed by atoms with Gasteiger partial charge in [-0.3, -0.25) is 4.79 Å². The molecule has 18 heavy (non-hydrogen) atoms. The number of aliphatic hydroxyl groups is 3. The number of nitrogens with one attached hydrogen (secondary N) is 1.